The van der Waals surface area contributed by atoms with Crippen molar-refractivity contribution in [3.05, 3.63) is 54.6 Å². The van der Waals surface area contributed by atoms with E-state index in [0.29, 0.717) is 0 Å². The first-order valence-electron chi connectivity index (χ1n) is 5.15. The lowest BCUT2D eigenvalue weighted by atomic mass is 10.0. The van der Waals surface area contributed by atoms with Gasteiger partial charge in [-0.1, -0.05) is 29.8 Å². The molecule has 0 aliphatic rings. The van der Waals surface area contributed by atoms with Crippen molar-refractivity contribution >= 4 is 50.5 Å². The average Bonchev–Trinajstić information content (AvgIpc) is 2.62. The molecule has 17 heavy (non-hydrogen) atoms. The van der Waals surface area contributed by atoms with Gasteiger partial charge < -0.3 is 0 Å². The first-order valence-corrected chi connectivity index (χ1v) is 7.58. The molecule has 0 nitrogen and oxygen atoms in total. The number of alkyl halides is 1. The van der Waals surface area contributed by atoms with E-state index in [4.69, 9.17) is 23.2 Å². The van der Waals surface area contributed by atoms with E-state index in [1.165, 1.54) is 11.1 Å². The standard InChI is InChI=1S/C13H11BrCl2S/c1-7-4-3-5-9(8(7)2)12(16)11-6-10(15)13(14)17-11/h3-6,12H,1-2H3. The molecule has 0 bridgehead atoms. The largest absolute Gasteiger partial charge is 0.130 e. The minimum atomic E-state index is -0.135. The van der Waals surface area contributed by atoms with Gasteiger partial charge in [0.2, 0.25) is 0 Å². The third-order valence-corrected chi connectivity index (χ3v) is 5.97. The Morgan fingerprint density at radius 1 is 1.29 bits per heavy atom. The summed E-state index contributed by atoms with van der Waals surface area (Å²) in [5.74, 6) is 0. The van der Waals surface area contributed by atoms with E-state index in [1.54, 1.807) is 11.3 Å². The lowest BCUT2D eigenvalue weighted by Crippen LogP contribution is -1.95. The number of benzene rings is 1. The molecule has 0 fully saturated rings. The molecule has 0 spiro atoms. The smallest absolute Gasteiger partial charge is 0.0931 e. The van der Waals surface area contributed by atoms with Gasteiger partial charge in [0.05, 0.1) is 14.2 Å². The maximum atomic E-state index is 6.53. The van der Waals surface area contributed by atoms with Crippen molar-refractivity contribution in [1.29, 1.82) is 0 Å². The second kappa shape index (κ2) is 5.31. The zero-order valence-corrected chi connectivity index (χ0v) is 13.3. The fraction of sp³-hybridized carbons (Fsp3) is 0.231. The van der Waals surface area contributed by atoms with Crippen LogP contribution in [0.4, 0.5) is 0 Å². The SMILES string of the molecule is Cc1cccc(C(Cl)c2cc(Cl)c(Br)s2)c1C. The molecule has 0 saturated heterocycles. The summed E-state index contributed by atoms with van der Waals surface area (Å²) >= 11 is 17.6. The van der Waals surface area contributed by atoms with Crippen LogP contribution in [0.1, 0.15) is 26.9 Å². The van der Waals surface area contributed by atoms with Gasteiger partial charge in [-0.05, 0) is 52.5 Å². The number of hydrogen-bond donors (Lipinski definition) is 0. The predicted octanol–water partition coefficient (Wildman–Crippen LogP) is 6.11. The van der Waals surface area contributed by atoms with Crippen LogP contribution in [0.5, 0.6) is 0 Å². The number of thiophene rings is 1. The second-order valence-corrected chi connectivity index (χ2v) is 7.17. The van der Waals surface area contributed by atoms with Gasteiger partial charge in [0.25, 0.3) is 0 Å². The summed E-state index contributed by atoms with van der Waals surface area (Å²) in [7, 11) is 0. The molecule has 90 valence electrons. The van der Waals surface area contributed by atoms with Gasteiger partial charge in [0, 0.05) is 4.88 Å². The van der Waals surface area contributed by atoms with Crippen LogP contribution in [0.3, 0.4) is 0 Å². The number of hydrogen-bond acceptors (Lipinski definition) is 1. The molecule has 0 aliphatic carbocycles. The van der Waals surface area contributed by atoms with Gasteiger partial charge in [-0.15, -0.1) is 22.9 Å². The van der Waals surface area contributed by atoms with Crippen LogP contribution in [0, 0.1) is 13.8 Å². The molecule has 4 heteroatoms. The molecule has 0 N–H and O–H groups in total. The van der Waals surface area contributed by atoms with Gasteiger partial charge in [-0.3, -0.25) is 0 Å². The summed E-state index contributed by atoms with van der Waals surface area (Å²) in [5.41, 5.74) is 3.65. The molecule has 0 amide bonds. The van der Waals surface area contributed by atoms with Crippen molar-refractivity contribution in [3.63, 3.8) is 0 Å². The highest BCUT2D eigenvalue weighted by atomic mass is 79.9. The van der Waals surface area contributed by atoms with Crippen LogP contribution < -0.4 is 0 Å². The highest BCUT2D eigenvalue weighted by Crippen LogP contribution is 2.41. The molecule has 1 heterocycles. The minimum absolute atomic E-state index is 0.135. The molecule has 1 aromatic carbocycles. The second-order valence-electron chi connectivity index (χ2n) is 3.92. The monoisotopic (exact) mass is 348 g/mol. The maximum Gasteiger partial charge on any atom is 0.0931 e. The number of aryl methyl sites for hydroxylation is 1. The molecular formula is C13H11BrCl2S. The Kier molecular flexibility index (Phi) is 4.19. The van der Waals surface area contributed by atoms with Crippen molar-refractivity contribution in [2.45, 2.75) is 19.2 Å². The zero-order valence-electron chi connectivity index (χ0n) is 9.43. The molecule has 0 saturated carbocycles. The first kappa shape index (κ1) is 13.4. The Morgan fingerprint density at radius 3 is 2.59 bits per heavy atom. The van der Waals surface area contributed by atoms with E-state index in [0.717, 1.165) is 19.2 Å². The number of rotatable bonds is 2. The minimum Gasteiger partial charge on any atom is -0.130 e. The van der Waals surface area contributed by atoms with Gasteiger partial charge in [-0.25, -0.2) is 0 Å². The Labute approximate surface area is 124 Å². The Hall–Kier alpha value is -0.0200. The molecule has 2 aromatic rings. The summed E-state index contributed by atoms with van der Waals surface area (Å²) in [4.78, 5) is 1.07. The average molecular weight is 350 g/mol. The van der Waals surface area contributed by atoms with Crippen molar-refractivity contribution in [3.8, 4) is 0 Å². The van der Waals surface area contributed by atoms with E-state index in [2.05, 4.69) is 41.9 Å². The van der Waals surface area contributed by atoms with Crippen molar-refractivity contribution in [2.24, 2.45) is 0 Å². The molecule has 0 aliphatic heterocycles. The van der Waals surface area contributed by atoms with Crippen LogP contribution in [-0.2, 0) is 0 Å². The molecule has 1 unspecified atom stereocenters. The third kappa shape index (κ3) is 2.70. The maximum absolute atomic E-state index is 6.53. The van der Waals surface area contributed by atoms with E-state index >= 15 is 0 Å². The summed E-state index contributed by atoms with van der Waals surface area (Å²) in [6.45, 7) is 4.20. The lowest BCUT2D eigenvalue weighted by Gasteiger charge is -2.12. The fourth-order valence-corrected chi connectivity index (χ4v) is 3.87. The van der Waals surface area contributed by atoms with Crippen LogP contribution in [0.25, 0.3) is 0 Å². The Morgan fingerprint density at radius 2 is 2.00 bits per heavy atom. The molecule has 0 radical (unpaired) electrons. The van der Waals surface area contributed by atoms with Crippen LogP contribution >= 0.6 is 50.5 Å². The van der Waals surface area contributed by atoms with E-state index in [1.807, 2.05) is 12.1 Å². The fourth-order valence-electron chi connectivity index (χ4n) is 1.69. The summed E-state index contributed by atoms with van der Waals surface area (Å²) in [6.07, 6.45) is 0. The third-order valence-electron chi connectivity index (χ3n) is 2.83. The highest BCUT2D eigenvalue weighted by molar-refractivity contribution is 9.11. The van der Waals surface area contributed by atoms with Crippen molar-refractivity contribution in [1.82, 2.24) is 0 Å². The molecular weight excluding hydrogens is 339 g/mol. The van der Waals surface area contributed by atoms with Crippen molar-refractivity contribution < 1.29 is 0 Å². The van der Waals surface area contributed by atoms with Gasteiger partial charge in [-0.2, -0.15) is 0 Å². The van der Waals surface area contributed by atoms with Crippen LogP contribution in [0.15, 0.2) is 28.1 Å². The van der Waals surface area contributed by atoms with E-state index in [-0.39, 0.29) is 5.38 Å². The predicted molar refractivity (Wildman–Crippen MR) is 80.6 cm³/mol. The Bertz CT molecular complexity index is 529. The highest BCUT2D eigenvalue weighted by Gasteiger charge is 2.17. The van der Waals surface area contributed by atoms with Crippen LogP contribution in [0.2, 0.25) is 5.02 Å². The van der Waals surface area contributed by atoms with E-state index in [9.17, 15) is 0 Å². The summed E-state index contributed by atoms with van der Waals surface area (Å²) in [5, 5.41) is 0.588. The summed E-state index contributed by atoms with van der Waals surface area (Å²) < 4.78 is 0.935. The van der Waals surface area contributed by atoms with Gasteiger partial charge in [0.1, 0.15) is 0 Å². The summed E-state index contributed by atoms with van der Waals surface area (Å²) in [6, 6.07) is 8.13. The topological polar surface area (TPSA) is 0 Å². The number of halogens is 3. The first-order chi connectivity index (χ1) is 8.00. The molecule has 2 rings (SSSR count). The zero-order chi connectivity index (χ0) is 12.6. The van der Waals surface area contributed by atoms with Gasteiger partial charge in [0.15, 0.2) is 0 Å². The van der Waals surface area contributed by atoms with Crippen LogP contribution in [-0.4, -0.2) is 0 Å². The van der Waals surface area contributed by atoms with E-state index < -0.39 is 0 Å². The quantitative estimate of drug-likeness (QED) is 0.574. The molecule has 1 aromatic heterocycles. The van der Waals surface area contributed by atoms with Crippen molar-refractivity contribution in [2.75, 3.05) is 0 Å². The Balaban J connectivity index is 2.43. The molecule has 1 atom stereocenters. The lowest BCUT2D eigenvalue weighted by molar-refractivity contribution is 1.13. The van der Waals surface area contributed by atoms with Gasteiger partial charge >= 0.3 is 0 Å². The normalized spacial score (nSPS) is 12.8.